The third kappa shape index (κ3) is 2.48. The van der Waals surface area contributed by atoms with Gasteiger partial charge in [0.2, 0.25) is 0 Å². The van der Waals surface area contributed by atoms with E-state index in [9.17, 15) is 0 Å². The molecule has 0 amide bonds. The van der Waals surface area contributed by atoms with Gasteiger partial charge in [-0.1, -0.05) is 12.1 Å². The molecule has 1 saturated heterocycles. The Morgan fingerprint density at radius 1 is 1.25 bits per heavy atom. The van der Waals surface area contributed by atoms with Gasteiger partial charge >= 0.3 is 0 Å². The summed E-state index contributed by atoms with van der Waals surface area (Å²) in [7, 11) is 0. The van der Waals surface area contributed by atoms with Crippen molar-refractivity contribution in [3.05, 3.63) is 29.3 Å². The molecule has 2 heterocycles. The van der Waals surface area contributed by atoms with Crippen molar-refractivity contribution in [2.75, 3.05) is 13.1 Å². The summed E-state index contributed by atoms with van der Waals surface area (Å²) in [5.41, 5.74) is 1.15. The number of para-hydroxylation sites is 1. The second-order valence-corrected chi connectivity index (χ2v) is 4.77. The van der Waals surface area contributed by atoms with Gasteiger partial charge in [-0.05, 0) is 25.1 Å². The van der Waals surface area contributed by atoms with Crippen LogP contribution >= 0.6 is 36.2 Å². The highest BCUT2D eigenvalue weighted by Crippen LogP contribution is 2.30. The minimum atomic E-state index is 0. The van der Waals surface area contributed by atoms with Crippen LogP contribution in [-0.2, 0) is 0 Å². The maximum absolute atomic E-state index is 4.67. The predicted octanol–water partition coefficient (Wildman–Crippen LogP) is 3.22. The summed E-state index contributed by atoms with van der Waals surface area (Å²) >= 11 is 1.84. The number of hydrogen-bond acceptors (Lipinski definition) is 3. The molecule has 1 aliphatic rings. The molecule has 1 N–H and O–H groups in total. The Morgan fingerprint density at radius 3 is 2.75 bits per heavy atom. The fraction of sp³-hybridized carbons (Fsp3) is 0.364. The van der Waals surface area contributed by atoms with Crippen molar-refractivity contribution in [1.29, 1.82) is 0 Å². The van der Waals surface area contributed by atoms with Gasteiger partial charge in [0.05, 0.1) is 15.2 Å². The van der Waals surface area contributed by atoms with Crippen molar-refractivity contribution in [3.63, 3.8) is 0 Å². The number of hydrogen-bond donors (Lipinski definition) is 1. The SMILES string of the molecule is Cl.Cl.c1ccc2sc(C3CCNC3)nc2c1. The fourth-order valence-corrected chi connectivity index (χ4v) is 3.03. The lowest BCUT2D eigenvalue weighted by Gasteiger charge is -2.00. The Hall–Kier alpha value is -0.350. The summed E-state index contributed by atoms with van der Waals surface area (Å²) < 4.78 is 1.31. The molecule has 0 radical (unpaired) electrons. The normalized spacial score (nSPS) is 19.1. The molecule has 1 unspecified atom stereocenters. The molecule has 16 heavy (non-hydrogen) atoms. The molecule has 1 aromatic carbocycles. The van der Waals surface area contributed by atoms with Crippen molar-refractivity contribution < 1.29 is 0 Å². The van der Waals surface area contributed by atoms with Crippen LogP contribution < -0.4 is 5.32 Å². The zero-order valence-corrected chi connectivity index (χ0v) is 11.1. The molecule has 5 heteroatoms. The molecule has 0 saturated carbocycles. The third-order valence-electron chi connectivity index (χ3n) is 2.72. The number of rotatable bonds is 1. The smallest absolute Gasteiger partial charge is 0.0982 e. The van der Waals surface area contributed by atoms with Gasteiger partial charge in [-0.25, -0.2) is 4.98 Å². The molecule has 88 valence electrons. The minimum absolute atomic E-state index is 0. The van der Waals surface area contributed by atoms with E-state index in [0.717, 1.165) is 18.6 Å². The van der Waals surface area contributed by atoms with E-state index in [0.29, 0.717) is 5.92 Å². The lowest BCUT2D eigenvalue weighted by atomic mass is 10.1. The van der Waals surface area contributed by atoms with Crippen LogP contribution in [-0.4, -0.2) is 18.1 Å². The lowest BCUT2D eigenvalue weighted by Crippen LogP contribution is -2.07. The quantitative estimate of drug-likeness (QED) is 0.865. The van der Waals surface area contributed by atoms with Gasteiger partial charge in [-0.2, -0.15) is 0 Å². The molecule has 0 bridgehead atoms. The third-order valence-corrected chi connectivity index (χ3v) is 3.92. The summed E-state index contributed by atoms with van der Waals surface area (Å²) in [6.07, 6.45) is 1.24. The van der Waals surface area contributed by atoms with E-state index in [-0.39, 0.29) is 24.8 Å². The monoisotopic (exact) mass is 276 g/mol. The summed E-state index contributed by atoms with van der Waals surface area (Å²) in [5.74, 6) is 0.646. The first kappa shape index (κ1) is 13.7. The second-order valence-electron chi connectivity index (χ2n) is 3.71. The molecule has 2 aromatic rings. The first-order chi connectivity index (χ1) is 6.93. The van der Waals surface area contributed by atoms with Crippen LogP contribution in [0.15, 0.2) is 24.3 Å². The van der Waals surface area contributed by atoms with Gasteiger partial charge < -0.3 is 5.32 Å². The number of benzene rings is 1. The number of nitrogens with one attached hydrogen (secondary N) is 1. The number of fused-ring (bicyclic) bond motifs is 1. The van der Waals surface area contributed by atoms with Crippen LogP contribution in [0.4, 0.5) is 0 Å². The Bertz CT molecular complexity index is 419. The van der Waals surface area contributed by atoms with Crippen molar-refractivity contribution in [1.82, 2.24) is 10.3 Å². The minimum Gasteiger partial charge on any atom is -0.316 e. The second kappa shape index (κ2) is 5.82. The van der Waals surface area contributed by atoms with E-state index in [1.807, 2.05) is 11.3 Å². The number of thiazole rings is 1. The van der Waals surface area contributed by atoms with Crippen molar-refractivity contribution in [3.8, 4) is 0 Å². The fourth-order valence-electron chi connectivity index (χ4n) is 1.93. The summed E-state index contributed by atoms with van der Waals surface area (Å²) in [6, 6.07) is 8.38. The lowest BCUT2D eigenvalue weighted by molar-refractivity contribution is 0.758. The maximum atomic E-state index is 4.67. The number of nitrogens with zero attached hydrogens (tertiary/aromatic N) is 1. The molecule has 1 aromatic heterocycles. The van der Waals surface area contributed by atoms with E-state index < -0.39 is 0 Å². The van der Waals surface area contributed by atoms with Crippen molar-refractivity contribution in [2.45, 2.75) is 12.3 Å². The highest BCUT2D eigenvalue weighted by Gasteiger charge is 2.19. The van der Waals surface area contributed by atoms with E-state index in [4.69, 9.17) is 0 Å². The maximum Gasteiger partial charge on any atom is 0.0982 e. The molecular weight excluding hydrogens is 263 g/mol. The van der Waals surface area contributed by atoms with E-state index in [2.05, 4.69) is 34.6 Å². The topological polar surface area (TPSA) is 24.9 Å². The Labute approximate surface area is 111 Å². The number of aromatic nitrogens is 1. The first-order valence-corrected chi connectivity index (χ1v) is 5.81. The van der Waals surface area contributed by atoms with Crippen LogP contribution in [0, 0.1) is 0 Å². The first-order valence-electron chi connectivity index (χ1n) is 5.00. The largest absolute Gasteiger partial charge is 0.316 e. The highest BCUT2D eigenvalue weighted by molar-refractivity contribution is 7.18. The number of halogens is 2. The molecule has 0 aliphatic carbocycles. The zero-order valence-electron chi connectivity index (χ0n) is 8.68. The predicted molar refractivity (Wildman–Crippen MR) is 74.3 cm³/mol. The van der Waals surface area contributed by atoms with Gasteiger partial charge in [0.1, 0.15) is 0 Å². The summed E-state index contributed by atoms with van der Waals surface area (Å²) in [6.45, 7) is 2.24. The molecule has 2 nitrogen and oxygen atoms in total. The highest BCUT2D eigenvalue weighted by atomic mass is 35.5. The molecule has 1 aliphatic heterocycles. The Kier molecular flexibility index (Phi) is 4.99. The van der Waals surface area contributed by atoms with Gasteiger partial charge in [0.25, 0.3) is 0 Å². The molecule has 1 fully saturated rings. The zero-order chi connectivity index (χ0) is 9.38. The van der Waals surface area contributed by atoms with Crippen LogP contribution in [0.3, 0.4) is 0 Å². The molecule has 0 spiro atoms. The van der Waals surface area contributed by atoms with Gasteiger partial charge in [0.15, 0.2) is 0 Å². The standard InChI is InChI=1S/C11H12N2S.2ClH/c1-2-4-10-9(3-1)13-11(14-10)8-5-6-12-7-8;;/h1-4,8,12H,5-7H2;2*1H. The van der Waals surface area contributed by atoms with E-state index in [1.165, 1.54) is 16.1 Å². The van der Waals surface area contributed by atoms with Crippen LogP contribution in [0.5, 0.6) is 0 Å². The van der Waals surface area contributed by atoms with Gasteiger partial charge in [-0.15, -0.1) is 36.2 Å². The average Bonchev–Trinajstić information content (AvgIpc) is 2.86. The van der Waals surface area contributed by atoms with Gasteiger partial charge in [0, 0.05) is 12.5 Å². The summed E-state index contributed by atoms with van der Waals surface area (Å²) in [5, 5.41) is 4.68. The van der Waals surface area contributed by atoms with E-state index >= 15 is 0 Å². The molecule has 1 atom stereocenters. The Morgan fingerprint density at radius 2 is 2.06 bits per heavy atom. The van der Waals surface area contributed by atoms with Crippen molar-refractivity contribution >= 4 is 46.4 Å². The average molecular weight is 277 g/mol. The van der Waals surface area contributed by atoms with Crippen LogP contribution in [0.25, 0.3) is 10.2 Å². The van der Waals surface area contributed by atoms with E-state index in [1.54, 1.807) is 0 Å². The van der Waals surface area contributed by atoms with Crippen LogP contribution in [0.1, 0.15) is 17.3 Å². The molecule has 3 rings (SSSR count). The van der Waals surface area contributed by atoms with Gasteiger partial charge in [-0.3, -0.25) is 0 Å². The van der Waals surface area contributed by atoms with Crippen molar-refractivity contribution in [2.24, 2.45) is 0 Å². The van der Waals surface area contributed by atoms with Crippen LogP contribution in [0.2, 0.25) is 0 Å². The summed E-state index contributed by atoms with van der Waals surface area (Å²) in [4.78, 5) is 4.67. The Balaban J connectivity index is 0.000000640. The molecular formula is C11H14Cl2N2S.